The molecule has 4 rings (SSSR count). The number of hydrogen-bond donors (Lipinski definition) is 0. The molecule has 0 bridgehead atoms. The molecule has 2 fully saturated rings. The van der Waals surface area contributed by atoms with Gasteiger partial charge in [-0.25, -0.2) is 9.97 Å². The van der Waals surface area contributed by atoms with Crippen LogP contribution in [0.15, 0.2) is 24.5 Å². The molecule has 0 atom stereocenters. The third-order valence-corrected chi connectivity index (χ3v) is 5.17. The first-order valence-electron chi connectivity index (χ1n) is 8.93. The number of hydrogen-bond acceptors (Lipinski definition) is 5. The molecule has 0 unspecified atom stereocenters. The maximum Gasteiger partial charge on any atom is 0.163 e. The predicted molar refractivity (Wildman–Crippen MR) is 96.1 cm³/mol. The van der Waals surface area contributed by atoms with Crippen molar-refractivity contribution >= 4 is 5.82 Å². The van der Waals surface area contributed by atoms with Crippen LogP contribution in [0, 0.1) is 19.8 Å². The molecule has 0 amide bonds. The van der Waals surface area contributed by atoms with Gasteiger partial charge in [-0.1, -0.05) is 0 Å². The van der Waals surface area contributed by atoms with E-state index < -0.39 is 0 Å². The van der Waals surface area contributed by atoms with Gasteiger partial charge < -0.3 is 4.90 Å². The minimum absolute atomic E-state index is 0.779. The van der Waals surface area contributed by atoms with Crippen molar-refractivity contribution in [3.8, 4) is 11.4 Å². The van der Waals surface area contributed by atoms with Gasteiger partial charge in [-0.2, -0.15) is 0 Å². The van der Waals surface area contributed by atoms with Crippen molar-refractivity contribution in [1.82, 2.24) is 19.9 Å². The summed E-state index contributed by atoms with van der Waals surface area (Å²) in [6.07, 6.45) is 6.48. The molecule has 126 valence electrons. The van der Waals surface area contributed by atoms with Crippen molar-refractivity contribution in [2.45, 2.75) is 26.7 Å². The Bertz CT molecular complexity index is 703. The van der Waals surface area contributed by atoms with E-state index >= 15 is 0 Å². The molecule has 1 aliphatic heterocycles. The Hall–Kier alpha value is -2.01. The number of aryl methyl sites for hydroxylation is 1. The van der Waals surface area contributed by atoms with Crippen LogP contribution in [-0.4, -0.2) is 52.6 Å². The molecular weight excluding hydrogens is 298 g/mol. The minimum atomic E-state index is 0.779. The van der Waals surface area contributed by atoms with Gasteiger partial charge in [0.25, 0.3) is 0 Å². The molecular formula is C19H25N5. The van der Waals surface area contributed by atoms with E-state index in [0.29, 0.717) is 0 Å². The summed E-state index contributed by atoms with van der Waals surface area (Å²) in [6, 6.07) is 3.96. The fourth-order valence-electron chi connectivity index (χ4n) is 3.35. The Labute approximate surface area is 143 Å². The first-order chi connectivity index (χ1) is 11.7. The molecule has 3 heterocycles. The largest absolute Gasteiger partial charge is 0.354 e. The van der Waals surface area contributed by atoms with Crippen LogP contribution in [0.3, 0.4) is 0 Å². The minimum Gasteiger partial charge on any atom is -0.354 e. The van der Waals surface area contributed by atoms with E-state index in [-0.39, 0.29) is 0 Å². The van der Waals surface area contributed by atoms with Crippen LogP contribution < -0.4 is 4.90 Å². The van der Waals surface area contributed by atoms with E-state index in [1.807, 2.05) is 18.3 Å². The predicted octanol–water partition coefficient (Wildman–Crippen LogP) is 2.69. The van der Waals surface area contributed by atoms with Crippen molar-refractivity contribution in [3.05, 3.63) is 35.8 Å². The van der Waals surface area contributed by atoms with Gasteiger partial charge in [-0.05, 0) is 44.7 Å². The first kappa shape index (κ1) is 15.5. The summed E-state index contributed by atoms with van der Waals surface area (Å²) in [4.78, 5) is 18.8. The molecule has 5 nitrogen and oxygen atoms in total. The molecule has 2 aliphatic rings. The summed E-state index contributed by atoms with van der Waals surface area (Å²) in [5.74, 6) is 2.84. The fourth-order valence-corrected chi connectivity index (χ4v) is 3.35. The van der Waals surface area contributed by atoms with Crippen LogP contribution in [0.4, 0.5) is 5.82 Å². The molecule has 0 aromatic carbocycles. The highest BCUT2D eigenvalue weighted by Crippen LogP contribution is 2.30. The number of piperazine rings is 1. The van der Waals surface area contributed by atoms with Crippen molar-refractivity contribution in [2.75, 3.05) is 37.6 Å². The van der Waals surface area contributed by atoms with Crippen LogP contribution in [0.1, 0.15) is 24.1 Å². The third kappa shape index (κ3) is 3.26. The van der Waals surface area contributed by atoms with Crippen LogP contribution in [-0.2, 0) is 0 Å². The lowest BCUT2D eigenvalue weighted by atomic mass is 10.2. The van der Waals surface area contributed by atoms with E-state index in [2.05, 4.69) is 33.6 Å². The number of aromatic nitrogens is 3. The van der Waals surface area contributed by atoms with E-state index in [4.69, 9.17) is 4.98 Å². The van der Waals surface area contributed by atoms with Gasteiger partial charge in [0.05, 0.1) is 0 Å². The molecule has 2 aromatic rings. The lowest BCUT2D eigenvalue weighted by Crippen LogP contribution is -2.47. The normalized spacial score (nSPS) is 18.8. The highest BCUT2D eigenvalue weighted by molar-refractivity contribution is 5.59. The van der Waals surface area contributed by atoms with Gasteiger partial charge in [-0.15, -0.1) is 0 Å². The average Bonchev–Trinajstić information content (AvgIpc) is 3.43. The van der Waals surface area contributed by atoms with Gasteiger partial charge in [0.2, 0.25) is 0 Å². The van der Waals surface area contributed by atoms with Crippen LogP contribution in [0.5, 0.6) is 0 Å². The fraction of sp³-hybridized carbons (Fsp3) is 0.526. The SMILES string of the molecule is Cc1nc(-c2cccnc2)nc(N2CCN(CC3CC3)CC2)c1C. The quantitative estimate of drug-likeness (QED) is 0.865. The smallest absolute Gasteiger partial charge is 0.163 e. The number of rotatable bonds is 4. The van der Waals surface area contributed by atoms with Gasteiger partial charge in [-0.3, -0.25) is 9.88 Å². The van der Waals surface area contributed by atoms with Gasteiger partial charge in [0.15, 0.2) is 5.82 Å². The molecule has 24 heavy (non-hydrogen) atoms. The average molecular weight is 323 g/mol. The monoisotopic (exact) mass is 323 g/mol. The zero-order valence-corrected chi connectivity index (χ0v) is 14.6. The van der Waals surface area contributed by atoms with E-state index in [0.717, 1.165) is 55.0 Å². The van der Waals surface area contributed by atoms with Crippen molar-refractivity contribution in [3.63, 3.8) is 0 Å². The van der Waals surface area contributed by atoms with Crippen LogP contribution >= 0.6 is 0 Å². The molecule has 5 heteroatoms. The second-order valence-electron chi connectivity index (χ2n) is 7.05. The number of anilines is 1. The van der Waals surface area contributed by atoms with Crippen LogP contribution in [0.2, 0.25) is 0 Å². The van der Waals surface area contributed by atoms with Gasteiger partial charge >= 0.3 is 0 Å². The zero-order valence-electron chi connectivity index (χ0n) is 14.6. The number of pyridine rings is 1. The summed E-state index contributed by atoms with van der Waals surface area (Å²) < 4.78 is 0. The Kier molecular flexibility index (Phi) is 4.19. The Morgan fingerprint density at radius 3 is 2.54 bits per heavy atom. The molecule has 0 radical (unpaired) electrons. The van der Waals surface area contributed by atoms with Gasteiger partial charge in [0, 0.05) is 61.9 Å². The van der Waals surface area contributed by atoms with Crippen LogP contribution in [0.25, 0.3) is 11.4 Å². The lowest BCUT2D eigenvalue weighted by Gasteiger charge is -2.36. The molecule has 2 aromatic heterocycles. The van der Waals surface area contributed by atoms with E-state index in [1.54, 1.807) is 6.20 Å². The van der Waals surface area contributed by atoms with Crippen molar-refractivity contribution in [2.24, 2.45) is 5.92 Å². The summed E-state index contributed by atoms with van der Waals surface area (Å²) in [5.41, 5.74) is 3.23. The number of nitrogens with zero attached hydrogens (tertiary/aromatic N) is 5. The molecule has 1 saturated carbocycles. The summed E-state index contributed by atoms with van der Waals surface area (Å²) >= 11 is 0. The van der Waals surface area contributed by atoms with Gasteiger partial charge in [0.1, 0.15) is 5.82 Å². The summed E-state index contributed by atoms with van der Waals surface area (Å²) in [6.45, 7) is 9.88. The highest BCUT2D eigenvalue weighted by Gasteiger charge is 2.27. The first-order valence-corrected chi connectivity index (χ1v) is 8.93. The molecule has 1 aliphatic carbocycles. The highest BCUT2D eigenvalue weighted by atomic mass is 15.3. The maximum atomic E-state index is 4.88. The maximum absolute atomic E-state index is 4.88. The third-order valence-electron chi connectivity index (χ3n) is 5.17. The Balaban J connectivity index is 1.55. The summed E-state index contributed by atoms with van der Waals surface area (Å²) in [7, 11) is 0. The molecule has 0 N–H and O–H groups in total. The second kappa shape index (κ2) is 6.48. The van der Waals surface area contributed by atoms with E-state index in [1.165, 1.54) is 24.9 Å². The second-order valence-corrected chi connectivity index (χ2v) is 7.05. The Morgan fingerprint density at radius 2 is 1.88 bits per heavy atom. The zero-order chi connectivity index (χ0) is 16.5. The molecule has 1 saturated heterocycles. The van der Waals surface area contributed by atoms with Crippen molar-refractivity contribution < 1.29 is 0 Å². The molecule has 0 spiro atoms. The summed E-state index contributed by atoms with van der Waals surface area (Å²) in [5, 5.41) is 0. The topological polar surface area (TPSA) is 45.2 Å². The standard InChI is InChI=1S/C19H25N5/c1-14-15(2)21-18(17-4-3-7-20-12-17)22-19(14)24-10-8-23(9-11-24)13-16-5-6-16/h3-4,7,12,16H,5-6,8-11,13H2,1-2H3. The van der Waals surface area contributed by atoms with E-state index in [9.17, 15) is 0 Å². The lowest BCUT2D eigenvalue weighted by molar-refractivity contribution is 0.247. The Morgan fingerprint density at radius 1 is 1.08 bits per heavy atom. The van der Waals surface area contributed by atoms with Crippen molar-refractivity contribution in [1.29, 1.82) is 0 Å².